The first-order chi connectivity index (χ1) is 8.07. The van der Waals surface area contributed by atoms with E-state index in [0.29, 0.717) is 17.9 Å². The molecule has 1 N–H and O–H groups in total. The van der Waals surface area contributed by atoms with Gasteiger partial charge in [-0.25, -0.2) is 0 Å². The third-order valence-electron chi connectivity index (χ3n) is 3.12. The summed E-state index contributed by atoms with van der Waals surface area (Å²) in [7, 11) is 0. The van der Waals surface area contributed by atoms with Crippen LogP contribution in [0.2, 0.25) is 5.02 Å². The van der Waals surface area contributed by atoms with Crippen LogP contribution in [0.15, 0.2) is 24.3 Å². The number of halogens is 1. The molecule has 0 heterocycles. The van der Waals surface area contributed by atoms with Gasteiger partial charge in [-0.1, -0.05) is 23.7 Å². The molecule has 1 fully saturated rings. The highest BCUT2D eigenvalue weighted by atomic mass is 35.5. The second kappa shape index (κ2) is 4.38. The minimum Gasteiger partial charge on any atom is -0.348 e. The number of nitrogens with zero attached hydrogens (tertiary/aromatic N) is 1. The van der Waals surface area contributed by atoms with Gasteiger partial charge in [-0.2, -0.15) is 5.26 Å². The fourth-order valence-corrected chi connectivity index (χ4v) is 1.81. The van der Waals surface area contributed by atoms with Gasteiger partial charge in [-0.15, -0.1) is 0 Å². The summed E-state index contributed by atoms with van der Waals surface area (Å²) in [6.07, 6.45) is 1.34. The maximum Gasteiger partial charge on any atom is 0.240 e. The summed E-state index contributed by atoms with van der Waals surface area (Å²) in [5.41, 5.74) is 0.220. The van der Waals surface area contributed by atoms with E-state index in [9.17, 15) is 4.79 Å². The average molecular weight is 249 g/mol. The van der Waals surface area contributed by atoms with Gasteiger partial charge in [-0.3, -0.25) is 4.79 Å². The van der Waals surface area contributed by atoms with Gasteiger partial charge in [-0.05, 0) is 37.5 Å². The van der Waals surface area contributed by atoms with Gasteiger partial charge < -0.3 is 5.32 Å². The zero-order chi connectivity index (χ0) is 12.5. The largest absolute Gasteiger partial charge is 0.348 e. The van der Waals surface area contributed by atoms with Crippen LogP contribution in [0.3, 0.4) is 0 Å². The Hall–Kier alpha value is -1.53. The standard InChI is InChI=1S/C13H13ClN2O/c1-9(10-2-4-11(14)5-3-10)16-12(17)13(8-15)6-7-13/h2-5,9H,6-7H2,1H3,(H,16,17). The first-order valence-electron chi connectivity index (χ1n) is 5.55. The number of hydrogen-bond donors (Lipinski definition) is 1. The molecule has 3 nitrogen and oxygen atoms in total. The summed E-state index contributed by atoms with van der Waals surface area (Å²) < 4.78 is 0. The van der Waals surface area contributed by atoms with Gasteiger partial charge in [0.2, 0.25) is 5.91 Å². The summed E-state index contributed by atoms with van der Waals surface area (Å²) in [5.74, 6) is -0.164. The van der Waals surface area contributed by atoms with Crippen molar-refractivity contribution in [2.45, 2.75) is 25.8 Å². The number of benzene rings is 1. The van der Waals surface area contributed by atoms with Crippen LogP contribution < -0.4 is 5.32 Å². The fourth-order valence-electron chi connectivity index (χ4n) is 1.68. The molecule has 0 aliphatic heterocycles. The van der Waals surface area contributed by atoms with Crippen LogP contribution >= 0.6 is 11.6 Å². The number of nitrogens with one attached hydrogen (secondary N) is 1. The smallest absolute Gasteiger partial charge is 0.240 e. The van der Waals surface area contributed by atoms with Crippen molar-refractivity contribution in [2.75, 3.05) is 0 Å². The summed E-state index contributed by atoms with van der Waals surface area (Å²) in [5, 5.41) is 12.5. The molecule has 1 saturated carbocycles. The molecular weight excluding hydrogens is 236 g/mol. The van der Waals surface area contributed by atoms with Crippen LogP contribution in [0.1, 0.15) is 31.4 Å². The van der Waals surface area contributed by atoms with E-state index >= 15 is 0 Å². The topological polar surface area (TPSA) is 52.9 Å². The van der Waals surface area contributed by atoms with Gasteiger partial charge in [0.25, 0.3) is 0 Å². The maximum absolute atomic E-state index is 11.8. The van der Waals surface area contributed by atoms with Gasteiger partial charge in [0, 0.05) is 5.02 Å². The van der Waals surface area contributed by atoms with Gasteiger partial charge in [0.1, 0.15) is 5.41 Å². The molecule has 0 bridgehead atoms. The van der Waals surface area contributed by atoms with E-state index in [-0.39, 0.29) is 11.9 Å². The molecule has 88 valence electrons. The van der Waals surface area contributed by atoms with E-state index in [1.165, 1.54) is 0 Å². The zero-order valence-corrected chi connectivity index (χ0v) is 10.3. The van der Waals surface area contributed by atoms with Crippen LogP contribution in [0.4, 0.5) is 0 Å². The zero-order valence-electron chi connectivity index (χ0n) is 9.53. The molecule has 0 saturated heterocycles. The monoisotopic (exact) mass is 248 g/mol. The quantitative estimate of drug-likeness (QED) is 0.894. The Morgan fingerprint density at radius 2 is 2.06 bits per heavy atom. The molecule has 1 aliphatic carbocycles. The van der Waals surface area contributed by atoms with Crippen LogP contribution in [-0.4, -0.2) is 5.91 Å². The Kier molecular flexibility index (Phi) is 3.08. The number of nitriles is 1. The van der Waals surface area contributed by atoms with E-state index in [1.54, 1.807) is 12.1 Å². The first-order valence-corrected chi connectivity index (χ1v) is 5.93. The molecule has 1 aromatic carbocycles. The maximum atomic E-state index is 11.8. The molecule has 4 heteroatoms. The molecule has 1 aliphatic rings. The van der Waals surface area contributed by atoms with E-state index in [0.717, 1.165) is 5.56 Å². The Labute approximate surface area is 105 Å². The van der Waals surface area contributed by atoms with E-state index < -0.39 is 5.41 Å². The van der Waals surface area contributed by atoms with Crippen molar-refractivity contribution in [3.05, 3.63) is 34.9 Å². The predicted molar refractivity (Wildman–Crippen MR) is 65.3 cm³/mol. The predicted octanol–water partition coefficient (Wildman–Crippen LogP) is 2.82. The molecule has 1 amide bonds. The van der Waals surface area contributed by atoms with Crippen molar-refractivity contribution in [1.82, 2.24) is 5.32 Å². The lowest BCUT2D eigenvalue weighted by molar-refractivity contribution is -0.125. The number of amides is 1. The molecule has 1 atom stereocenters. The highest BCUT2D eigenvalue weighted by Gasteiger charge is 2.50. The molecule has 2 rings (SSSR count). The lowest BCUT2D eigenvalue weighted by Gasteiger charge is -2.16. The van der Waals surface area contributed by atoms with Crippen LogP contribution in [0.5, 0.6) is 0 Å². The van der Waals surface area contributed by atoms with Gasteiger partial charge in [0.05, 0.1) is 12.1 Å². The Balaban J connectivity index is 2.02. The van der Waals surface area contributed by atoms with E-state index in [4.69, 9.17) is 16.9 Å². The SMILES string of the molecule is CC(NC(=O)C1(C#N)CC1)c1ccc(Cl)cc1. The van der Waals surface area contributed by atoms with Crippen molar-refractivity contribution < 1.29 is 4.79 Å². The van der Waals surface area contributed by atoms with Crippen LogP contribution in [-0.2, 0) is 4.79 Å². The van der Waals surface area contributed by atoms with E-state index in [1.807, 2.05) is 19.1 Å². The summed E-state index contributed by atoms with van der Waals surface area (Å²) in [6, 6.07) is 9.30. The lowest BCUT2D eigenvalue weighted by atomic mass is 10.1. The van der Waals surface area contributed by atoms with Crippen LogP contribution in [0, 0.1) is 16.7 Å². The number of carbonyl (C=O) groups is 1. The Bertz CT molecular complexity index is 471. The summed E-state index contributed by atoms with van der Waals surface area (Å²) >= 11 is 5.80. The summed E-state index contributed by atoms with van der Waals surface area (Å²) in [4.78, 5) is 11.8. The van der Waals surface area contributed by atoms with Crippen LogP contribution in [0.25, 0.3) is 0 Å². The lowest BCUT2D eigenvalue weighted by Crippen LogP contribution is -2.33. The van der Waals surface area contributed by atoms with E-state index in [2.05, 4.69) is 11.4 Å². The minimum atomic E-state index is -0.763. The van der Waals surface area contributed by atoms with Crippen molar-refractivity contribution in [3.63, 3.8) is 0 Å². The third kappa shape index (κ3) is 2.42. The molecule has 0 radical (unpaired) electrons. The first kappa shape index (κ1) is 11.9. The second-order valence-electron chi connectivity index (χ2n) is 4.44. The molecule has 1 aromatic rings. The second-order valence-corrected chi connectivity index (χ2v) is 4.88. The minimum absolute atomic E-state index is 0.106. The fraction of sp³-hybridized carbons (Fsp3) is 0.385. The Morgan fingerprint density at radius 1 is 1.47 bits per heavy atom. The number of rotatable bonds is 3. The van der Waals surface area contributed by atoms with Crippen molar-refractivity contribution in [2.24, 2.45) is 5.41 Å². The summed E-state index contributed by atoms with van der Waals surface area (Å²) in [6.45, 7) is 1.90. The highest BCUT2D eigenvalue weighted by molar-refractivity contribution is 6.30. The van der Waals surface area contributed by atoms with Crippen molar-refractivity contribution >= 4 is 17.5 Å². The van der Waals surface area contributed by atoms with Gasteiger partial charge >= 0.3 is 0 Å². The molecule has 17 heavy (non-hydrogen) atoms. The molecule has 0 spiro atoms. The third-order valence-corrected chi connectivity index (χ3v) is 3.37. The molecule has 0 aromatic heterocycles. The molecule has 1 unspecified atom stereocenters. The number of carbonyl (C=O) groups excluding carboxylic acids is 1. The number of hydrogen-bond acceptors (Lipinski definition) is 2. The average Bonchev–Trinajstić information content (AvgIpc) is 3.10. The highest BCUT2D eigenvalue weighted by Crippen LogP contribution is 2.45. The van der Waals surface area contributed by atoms with Crippen molar-refractivity contribution in [3.8, 4) is 6.07 Å². The van der Waals surface area contributed by atoms with Crippen molar-refractivity contribution in [1.29, 1.82) is 5.26 Å². The normalized spacial score (nSPS) is 17.9. The van der Waals surface area contributed by atoms with Gasteiger partial charge in [0.15, 0.2) is 0 Å². The Morgan fingerprint density at radius 3 is 2.53 bits per heavy atom. The molecular formula is C13H13ClN2O.